The van der Waals surface area contributed by atoms with Crippen LogP contribution in [0.1, 0.15) is 24.5 Å². The van der Waals surface area contributed by atoms with Crippen molar-refractivity contribution in [3.8, 4) is 11.6 Å². The van der Waals surface area contributed by atoms with Gasteiger partial charge in [-0.3, -0.25) is 0 Å². The Hall–Kier alpha value is -2.34. The molecule has 0 aliphatic carbocycles. The standard InChI is InChI=1S/C19H19BrN2O3/c1-3-8-25-16-7-5-4-6-13(16)11-22-18-12(2)9-14(20)10-15(18)17(21-24)19(22)23/h4-7,9-10,23H,3,8,11H2,1-2H3. The Morgan fingerprint density at radius 2 is 2.04 bits per heavy atom. The van der Waals surface area contributed by atoms with Gasteiger partial charge in [0.05, 0.1) is 18.7 Å². The molecular formula is C19H19BrN2O3. The number of halogens is 1. The number of nitrogens with zero attached hydrogens (tertiary/aromatic N) is 2. The molecule has 1 aromatic heterocycles. The second-order valence-electron chi connectivity index (χ2n) is 5.92. The van der Waals surface area contributed by atoms with Gasteiger partial charge in [-0.05, 0) is 42.3 Å². The van der Waals surface area contributed by atoms with Crippen molar-refractivity contribution in [2.75, 3.05) is 6.61 Å². The summed E-state index contributed by atoms with van der Waals surface area (Å²) in [6, 6.07) is 11.5. The third-order valence-electron chi connectivity index (χ3n) is 4.11. The molecule has 0 saturated heterocycles. The summed E-state index contributed by atoms with van der Waals surface area (Å²) in [5, 5.41) is 14.2. The average molecular weight is 403 g/mol. The molecule has 6 heteroatoms. The first kappa shape index (κ1) is 17.5. The Labute approximate surface area is 154 Å². The van der Waals surface area contributed by atoms with Crippen molar-refractivity contribution in [3.05, 3.63) is 56.9 Å². The van der Waals surface area contributed by atoms with Gasteiger partial charge in [-0.1, -0.05) is 41.1 Å². The lowest BCUT2D eigenvalue weighted by Crippen LogP contribution is -2.04. The number of hydrogen-bond acceptors (Lipinski definition) is 4. The summed E-state index contributed by atoms with van der Waals surface area (Å²) < 4.78 is 8.35. The maximum Gasteiger partial charge on any atom is 0.222 e. The van der Waals surface area contributed by atoms with Crippen LogP contribution in [0.15, 0.2) is 46.0 Å². The molecule has 2 aromatic carbocycles. The fourth-order valence-corrected chi connectivity index (χ4v) is 3.60. The SMILES string of the molecule is CCCOc1ccccc1Cn1c(O)c(N=O)c2cc(Br)cc(C)c21. The van der Waals surface area contributed by atoms with Crippen LogP contribution in [0.25, 0.3) is 10.9 Å². The number of benzene rings is 2. The normalized spacial score (nSPS) is 11.0. The zero-order valence-corrected chi connectivity index (χ0v) is 15.7. The Balaban J connectivity index is 2.14. The minimum Gasteiger partial charge on any atom is -0.493 e. The molecule has 1 heterocycles. The smallest absolute Gasteiger partial charge is 0.222 e. The van der Waals surface area contributed by atoms with E-state index in [2.05, 4.69) is 28.0 Å². The number of aryl methyl sites for hydroxylation is 1. The van der Waals surface area contributed by atoms with Crippen LogP contribution < -0.4 is 4.74 Å². The van der Waals surface area contributed by atoms with Gasteiger partial charge < -0.3 is 14.4 Å². The maximum atomic E-state index is 11.3. The van der Waals surface area contributed by atoms with Gasteiger partial charge in [0.15, 0.2) is 5.69 Å². The minimum atomic E-state index is -0.128. The number of ether oxygens (including phenoxy) is 1. The predicted octanol–water partition coefficient (Wildman–Crippen LogP) is 5.65. The van der Waals surface area contributed by atoms with E-state index < -0.39 is 0 Å². The molecule has 0 spiro atoms. The van der Waals surface area contributed by atoms with Crippen molar-refractivity contribution in [1.29, 1.82) is 0 Å². The van der Waals surface area contributed by atoms with Crippen molar-refractivity contribution < 1.29 is 9.84 Å². The zero-order chi connectivity index (χ0) is 18.0. The number of rotatable bonds is 6. The highest BCUT2D eigenvalue weighted by molar-refractivity contribution is 9.10. The first-order chi connectivity index (χ1) is 12.1. The van der Waals surface area contributed by atoms with E-state index in [1.165, 1.54) is 0 Å². The van der Waals surface area contributed by atoms with Crippen molar-refractivity contribution in [3.63, 3.8) is 0 Å². The molecule has 0 fully saturated rings. The van der Waals surface area contributed by atoms with Crippen molar-refractivity contribution >= 4 is 32.5 Å². The van der Waals surface area contributed by atoms with Gasteiger partial charge in [-0.15, -0.1) is 4.91 Å². The van der Waals surface area contributed by atoms with Crippen LogP contribution in [0.2, 0.25) is 0 Å². The Bertz CT molecular complexity index is 934. The second-order valence-corrected chi connectivity index (χ2v) is 6.84. The van der Waals surface area contributed by atoms with Crippen LogP contribution in [0.3, 0.4) is 0 Å². The molecular weight excluding hydrogens is 384 g/mol. The molecule has 3 rings (SSSR count). The summed E-state index contributed by atoms with van der Waals surface area (Å²) in [5.74, 6) is 0.650. The van der Waals surface area contributed by atoms with Crippen molar-refractivity contribution in [2.45, 2.75) is 26.8 Å². The fourth-order valence-electron chi connectivity index (χ4n) is 3.03. The Kier molecular flexibility index (Phi) is 5.08. The van der Waals surface area contributed by atoms with Crippen LogP contribution >= 0.6 is 15.9 Å². The number of aromatic nitrogens is 1. The molecule has 0 bridgehead atoms. The summed E-state index contributed by atoms with van der Waals surface area (Å²) in [5.41, 5.74) is 2.73. The summed E-state index contributed by atoms with van der Waals surface area (Å²) >= 11 is 3.43. The van der Waals surface area contributed by atoms with Gasteiger partial charge in [-0.2, -0.15) is 0 Å². The highest BCUT2D eigenvalue weighted by Crippen LogP contribution is 2.42. The van der Waals surface area contributed by atoms with Gasteiger partial charge in [0.1, 0.15) is 5.75 Å². The van der Waals surface area contributed by atoms with Gasteiger partial charge in [0, 0.05) is 15.4 Å². The number of aromatic hydroxyl groups is 1. The second kappa shape index (κ2) is 7.27. The molecule has 0 radical (unpaired) electrons. The van der Waals surface area contributed by atoms with Crippen LogP contribution in [0, 0.1) is 11.8 Å². The van der Waals surface area contributed by atoms with Gasteiger partial charge in [0.25, 0.3) is 0 Å². The molecule has 0 saturated carbocycles. The lowest BCUT2D eigenvalue weighted by Gasteiger charge is -2.13. The minimum absolute atomic E-state index is 0.0614. The summed E-state index contributed by atoms with van der Waals surface area (Å²) in [7, 11) is 0. The molecule has 5 nitrogen and oxygen atoms in total. The lowest BCUT2D eigenvalue weighted by molar-refractivity contribution is 0.313. The third-order valence-corrected chi connectivity index (χ3v) is 4.57. The van der Waals surface area contributed by atoms with Crippen molar-refractivity contribution in [1.82, 2.24) is 4.57 Å². The largest absolute Gasteiger partial charge is 0.493 e. The first-order valence-corrected chi connectivity index (χ1v) is 8.91. The summed E-state index contributed by atoms with van der Waals surface area (Å²) in [4.78, 5) is 11.3. The lowest BCUT2D eigenvalue weighted by atomic mass is 10.1. The Morgan fingerprint density at radius 3 is 2.76 bits per heavy atom. The molecule has 0 unspecified atom stereocenters. The number of para-hydroxylation sites is 1. The molecule has 0 atom stereocenters. The highest BCUT2D eigenvalue weighted by Gasteiger charge is 2.20. The van der Waals surface area contributed by atoms with Crippen LogP contribution in [0.5, 0.6) is 11.6 Å². The molecule has 0 aliphatic heterocycles. The van der Waals surface area contributed by atoms with Crippen LogP contribution in [0.4, 0.5) is 5.69 Å². The maximum absolute atomic E-state index is 11.3. The monoisotopic (exact) mass is 402 g/mol. The number of hydrogen-bond donors (Lipinski definition) is 1. The first-order valence-electron chi connectivity index (χ1n) is 8.12. The predicted molar refractivity (Wildman–Crippen MR) is 103 cm³/mol. The number of fused-ring (bicyclic) bond motifs is 1. The van der Waals surface area contributed by atoms with Crippen LogP contribution in [-0.2, 0) is 6.54 Å². The topological polar surface area (TPSA) is 63.8 Å². The van der Waals surface area contributed by atoms with E-state index >= 15 is 0 Å². The van der Waals surface area contributed by atoms with E-state index in [9.17, 15) is 10.0 Å². The molecule has 1 N–H and O–H groups in total. The molecule has 25 heavy (non-hydrogen) atoms. The van der Waals surface area contributed by atoms with E-state index in [1.54, 1.807) is 10.6 Å². The molecule has 0 aliphatic rings. The quantitative estimate of drug-likeness (QED) is 0.541. The van der Waals surface area contributed by atoms with Crippen molar-refractivity contribution in [2.24, 2.45) is 5.18 Å². The van der Waals surface area contributed by atoms with Gasteiger partial charge in [-0.25, -0.2) is 0 Å². The molecule has 3 aromatic rings. The van der Waals surface area contributed by atoms with Crippen LogP contribution in [-0.4, -0.2) is 16.3 Å². The number of nitroso groups, excluding NO2 is 1. The van der Waals surface area contributed by atoms with E-state index in [4.69, 9.17) is 4.74 Å². The molecule has 0 amide bonds. The van der Waals surface area contributed by atoms with Gasteiger partial charge >= 0.3 is 0 Å². The Morgan fingerprint density at radius 1 is 1.28 bits per heavy atom. The van der Waals surface area contributed by atoms with Gasteiger partial charge in [0.2, 0.25) is 5.88 Å². The summed E-state index contributed by atoms with van der Waals surface area (Å²) in [6.45, 7) is 5.01. The van der Waals surface area contributed by atoms with E-state index in [0.717, 1.165) is 33.3 Å². The van der Waals surface area contributed by atoms with E-state index in [0.29, 0.717) is 18.5 Å². The zero-order valence-electron chi connectivity index (χ0n) is 14.1. The fraction of sp³-hybridized carbons (Fsp3) is 0.263. The summed E-state index contributed by atoms with van der Waals surface area (Å²) in [6.07, 6.45) is 0.915. The van der Waals surface area contributed by atoms with E-state index in [-0.39, 0.29) is 11.6 Å². The van der Waals surface area contributed by atoms with E-state index in [1.807, 2.05) is 37.3 Å². The average Bonchev–Trinajstić information content (AvgIpc) is 2.85. The highest BCUT2D eigenvalue weighted by atomic mass is 79.9. The molecule has 130 valence electrons. The third kappa shape index (κ3) is 3.26.